The van der Waals surface area contributed by atoms with Crippen molar-refractivity contribution in [2.75, 3.05) is 13.7 Å². The number of methoxy groups -OCH3 is 1. The minimum absolute atomic E-state index is 0.0355. The average Bonchev–Trinajstić information content (AvgIpc) is 3.20. The summed E-state index contributed by atoms with van der Waals surface area (Å²) in [5, 5.41) is 7.17. The van der Waals surface area contributed by atoms with Crippen LogP contribution in [0.3, 0.4) is 0 Å². The first-order chi connectivity index (χ1) is 15.1. The van der Waals surface area contributed by atoms with E-state index in [1.807, 2.05) is 0 Å². The minimum atomic E-state index is -1.60. The molecule has 1 aliphatic rings. The highest BCUT2D eigenvalue weighted by molar-refractivity contribution is 9.09. The third-order valence-electron chi connectivity index (χ3n) is 4.72. The molecule has 5 unspecified atom stereocenters. The Hall–Kier alpha value is -2.51. The Morgan fingerprint density at radius 1 is 1.16 bits per heavy atom. The third kappa shape index (κ3) is 5.10. The maximum absolute atomic E-state index is 13.7. The average molecular weight is 522 g/mol. The zero-order chi connectivity index (χ0) is 23.6. The molecule has 0 spiro atoms. The molecule has 1 aromatic carbocycles. The smallest absolute Gasteiger partial charge is 0.303 e. The summed E-state index contributed by atoms with van der Waals surface area (Å²) in [6.07, 6.45) is -1.34. The van der Waals surface area contributed by atoms with E-state index in [0.717, 1.165) is 12.1 Å². The van der Waals surface area contributed by atoms with Crippen molar-refractivity contribution < 1.29 is 41.7 Å². The number of nitrogens with zero attached hydrogens (tertiary/aromatic N) is 3. The van der Waals surface area contributed by atoms with E-state index >= 15 is 0 Å². The lowest BCUT2D eigenvalue weighted by Gasteiger charge is -2.43. The van der Waals surface area contributed by atoms with Crippen LogP contribution in [-0.2, 0) is 28.5 Å². The molecule has 5 atom stereocenters. The van der Waals surface area contributed by atoms with Crippen LogP contribution in [0.2, 0.25) is 0 Å². The number of carbonyl (C=O) groups is 2. The molecule has 3 rings (SSSR count). The van der Waals surface area contributed by atoms with Crippen LogP contribution in [-0.4, -0.2) is 64.0 Å². The number of rotatable bonds is 6. The summed E-state index contributed by atoms with van der Waals surface area (Å²) in [5.74, 6) is -5.56. The molecule has 0 aliphatic carbocycles. The molecule has 2 heterocycles. The van der Waals surface area contributed by atoms with Gasteiger partial charge in [-0.15, -0.1) is 5.10 Å². The second-order valence-corrected chi connectivity index (χ2v) is 7.83. The Morgan fingerprint density at radius 3 is 2.38 bits per heavy atom. The fraction of sp³-hybridized carbons (Fsp3) is 0.474. The van der Waals surface area contributed by atoms with Gasteiger partial charge in [0.25, 0.3) is 0 Å². The molecule has 0 saturated carbocycles. The van der Waals surface area contributed by atoms with Gasteiger partial charge in [-0.3, -0.25) is 9.59 Å². The molecule has 1 saturated heterocycles. The number of hydrogen-bond acceptors (Lipinski definition) is 8. The minimum Gasteiger partial charge on any atom is -0.463 e. The molecule has 9 nitrogen and oxygen atoms in total. The van der Waals surface area contributed by atoms with Crippen LogP contribution in [0, 0.1) is 17.5 Å². The fourth-order valence-electron chi connectivity index (χ4n) is 3.36. The van der Waals surface area contributed by atoms with Gasteiger partial charge in [-0.2, -0.15) is 0 Å². The van der Waals surface area contributed by atoms with Gasteiger partial charge >= 0.3 is 11.9 Å². The summed E-state index contributed by atoms with van der Waals surface area (Å²) in [7, 11) is 1.40. The van der Waals surface area contributed by atoms with Gasteiger partial charge in [0.1, 0.15) is 35.6 Å². The van der Waals surface area contributed by atoms with Crippen LogP contribution in [0.25, 0.3) is 11.3 Å². The quantitative estimate of drug-likeness (QED) is 0.324. The Morgan fingerprint density at radius 2 is 1.81 bits per heavy atom. The lowest BCUT2D eigenvalue weighted by atomic mass is 9.97. The number of ether oxygens (including phenoxy) is 4. The van der Waals surface area contributed by atoms with E-state index in [1.54, 1.807) is 0 Å². The van der Waals surface area contributed by atoms with Gasteiger partial charge in [-0.1, -0.05) is 21.1 Å². The van der Waals surface area contributed by atoms with E-state index < -0.39 is 58.8 Å². The topological polar surface area (TPSA) is 102 Å². The van der Waals surface area contributed by atoms with Gasteiger partial charge in [0, 0.05) is 26.5 Å². The van der Waals surface area contributed by atoms with Crippen LogP contribution >= 0.6 is 15.9 Å². The van der Waals surface area contributed by atoms with Crippen molar-refractivity contribution in [3.8, 4) is 11.3 Å². The van der Waals surface area contributed by atoms with Gasteiger partial charge < -0.3 is 18.9 Å². The molecule has 2 aromatic rings. The second kappa shape index (κ2) is 9.96. The van der Waals surface area contributed by atoms with E-state index in [4.69, 9.17) is 18.9 Å². The van der Waals surface area contributed by atoms with Crippen LogP contribution in [0.4, 0.5) is 13.2 Å². The van der Waals surface area contributed by atoms with Crippen molar-refractivity contribution in [1.82, 2.24) is 15.0 Å². The summed E-state index contributed by atoms with van der Waals surface area (Å²) in [5.41, 5.74) is -0.0158. The third-order valence-corrected chi connectivity index (χ3v) is 5.46. The number of aromatic nitrogens is 3. The second-order valence-electron chi connectivity index (χ2n) is 6.93. The number of alkyl halides is 1. The number of halogens is 4. The Balaban J connectivity index is 2.01. The van der Waals surface area contributed by atoms with Crippen LogP contribution in [0.15, 0.2) is 18.3 Å². The molecule has 1 aromatic heterocycles. The lowest BCUT2D eigenvalue weighted by Crippen LogP contribution is -2.56. The van der Waals surface area contributed by atoms with Gasteiger partial charge in [0.15, 0.2) is 23.6 Å². The highest BCUT2D eigenvalue weighted by Crippen LogP contribution is 2.37. The van der Waals surface area contributed by atoms with Gasteiger partial charge in [0.05, 0.1) is 6.20 Å². The maximum Gasteiger partial charge on any atom is 0.303 e. The highest BCUT2D eigenvalue weighted by atomic mass is 79.9. The zero-order valence-corrected chi connectivity index (χ0v) is 18.7. The number of hydrogen-bond donors (Lipinski definition) is 0. The predicted octanol–water partition coefficient (Wildman–Crippen LogP) is 2.53. The molecule has 0 radical (unpaired) electrons. The molecule has 174 valence electrons. The fourth-order valence-corrected chi connectivity index (χ4v) is 4.17. The van der Waals surface area contributed by atoms with Crippen molar-refractivity contribution in [3.63, 3.8) is 0 Å². The van der Waals surface area contributed by atoms with E-state index in [-0.39, 0.29) is 17.9 Å². The maximum atomic E-state index is 13.7. The molecular formula is C19H19BrF3N3O6. The van der Waals surface area contributed by atoms with Crippen molar-refractivity contribution in [2.24, 2.45) is 0 Å². The van der Waals surface area contributed by atoms with E-state index in [0.29, 0.717) is 0 Å². The SMILES string of the molecule is COC1C(Br)OC(COC(C)=O)C(OC(C)=O)C1n1cc(-c2cc(F)c(F)c(F)c2)nn1. The molecule has 0 bridgehead atoms. The molecule has 1 fully saturated rings. The monoisotopic (exact) mass is 521 g/mol. The van der Waals surface area contributed by atoms with Gasteiger partial charge in [-0.05, 0) is 12.1 Å². The zero-order valence-electron chi connectivity index (χ0n) is 17.1. The molecule has 1 aliphatic heterocycles. The van der Waals surface area contributed by atoms with Gasteiger partial charge in [-0.25, -0.2) is 17.9 Å². The highest BCUT2D eigenvalue weighted by Gasteiger charge is 2.49. The van der Waals surface area contributed by atoms with E-state index in [1.165, 1.54) is 31.8 Å². The molecule has 13 heteroatoms. The van der Waals surface area contributed by atoms with Crippen LogP contribution in [0.5, 0.6) is 0 Å². The summed E-state index contributed by atoms with van der Waals surface area (Å²) < 4.78 is 63.6. The largest absolute Gasteiger partial charge is 0.463 e. The number of carbonyl (C=O) groups excluding carboxylic acids is 2. The van der Waals surface area contributed by atoms with E-state index in [2.05, 4.69) is 26.2 Å². The standard InChI is InChI=1S/C19H19BrF3N3O6/c1-8(27)30-7-14-17(31-9(2)28)16(18(29-3)19(20)32-14)26-6-13(24-25-26)10-4-11(21)15(23)12(22)5-10/h4-6,14,16-19H,7H2,1-3H3. The number of esters is 2. The Bertz CT molecular complexity index is 983. The van der Waals surface area contributed by atoms with Crippen LogP contribution < -0.4 is 0 Å². The Labute approximate surface area is 188 Å². The van der Waals surface area contributed by atoms with E-state index in [9.17, 15) is 22.8 Å². The van der Waals surface area contributed by atoms with Crippen molar-refractivity contribution in [2.45, 2.75) is 43.2 Å². The molecular weight excluding hydrogens is 503 g/mol. The first kappa shape index (κ1) is 24.1. The van der Waals surface area contributed by atoms with Gasteiger partial charge in [0.2, 0.25) is 0 Å². The molecule has 0 amide bonds. The summed E-state index contributed by atoms with van der Waals surface area (Å²) in [4.78, 5) is 23.1. The number of benzene rings is 1. The predicted molar refractivity (Wildman–Crippen MR) is 105 cm³/mol. The first-order valence-electron chi connectivity index (χ1n) is 9.32. The summed E-state index contributed by atoms with van der Waals surface area (Å²) in [6, 6.07) is 0.731. The van der Waals surface area contributed by atoms with Crippen LogP contribution in [0.1, 0.15) is 19.9 Å². The first-order valence-corrected chi connectivity index (χ1v) is 10.2. The summed E-state index contributed by atoms with van der Waals surface area (Å²) >= 11 is 3.34. The van der Waals surface area contributed by atoms with Crippen molar-refractivity contribution >= 4 is 27.9 Å². The van der Waals surface area contributed by atoms with Crippen molar-refractivity contribution in [1.29, 1.82) is 0 Å². The van der Waals surface area contributed by atoms with Crippen molar-refractivity contribution in [3.05, 3.63) is 35.8 Å². The molecule has 0 N–H and O–H groups in total. The lowest BCUT2D eigenvalue weighted by molar-refractivity contribution is -0.207. The summed E-state index contributed by atoms with van der Waals surface area (Å²) in [6.45, 7) is 2.19. The normalized spacial score (nSPS) is 25.4. The molecule has 32 heavy (non-hydrogen) atoms. The Kier molecular flexibility index (Phi) is 7.51.